The number of thiophene rings is 1. The molecule has 2 heterocycles. The number of hydrogen-bond donors (Lipinski definition) is 0. The standard InChI is InChI=1S/C55H35NOS/c1-4-16-37(17-5-1)55(38-18-6-2-7-19-38)46-26-12-10-22-44(46)51-47(55)27-15-28-48(51)56(39-20-8-3-9-21-39)40-32-30-36(31-33-40)41-24-14-25-42-43-34-35-50-52(54(43)58-53(41)42)45-23-11-13-29-49(45)57-50/h1-35H. The van der Waals surface area contributed by atoms with Gasteiger partial charge >= 0.3 is 0 Å². The van der Waals surface area contributed by atoms with Crippen molar-refractivity contribution in [2.75, 3.05) is 4.90 Å². The van der Waals surface area contributed by atoms with E-state index >= 15 is 0 Å². The van der Waals surface area contributed by atoms with Crippen LogP contribution in [0, 0.1) is 0 Å². The van der Waals surface area contributed by atoms with Gasteiger partial charge in [0, 0.05) is 47.9 Å². The largest absolute Gasteiger partial charge is 0.456 e. The van der Waals surface area contributed by atoms with E-state index in [1.54, 1.807) is 0 Å². The van der Waals surface area contributed by atoms with Crippen LogP contribution in [0.3, 0.4) is 0 Å². The smallest absolute Gasteiger partial charge is 0.136 e. The Morgan fingerprint density at radius 3 is 1.76 bits per heavy atom. The summed E-state index contributed by atoms with van der Waals surface area (Å²) >= 11 is 1.87. The molecule has 12 rings (SSSR count). The first-order valence-corrected chi connectivity index (χ1v) is 20.7. The van der Waals surface area contributed by atoms with Crippen LogP contribution in [0.4, 0.5) is 17.1 Å². The molecule has 0 radical (unpaired) electrons. The van der Waals surface area contributed by atoms with E-state index in [-0.39, 0.29) is 0 Å². The predicted octanol–water partition coefficient (Wildman–Crippen LogP) is 15.5. The lowest BCUT2D eigenvalue weighted by molar-refractivity contribution is 0.669. The Morgan fingerprint density at radius 2 is 0.983 bits per heavy atom. The number of rotatable bonds is 6. The average molecular weight is 758 g/mol. The first kappa shape index (κ1) is 33.0. The molecule has 9 aromatic carbocycles. The van der Waals surface area contributed by atoms with Crippen LogP contribution >= 0.6 is 11.3 Å². The maximum atomic E-state index is 6.29. The lowest BCUT2D eigenvalue weighted by Gasteiger charge is -2.34. The van der Waals surface area contributed by atoms with Crippen LogP contribution in [0.25, 0.3) is 64.4 Å². The molecular weight excluding hydrogens is 723 g/mol. The van der Waals surface area contributed by atoms with Crippen LogP contribution in [0.15, 0.2) is 217 Å². The van der Waals surface area contributed by atoms with Gasteiger partial charge in [-0.2, -0.15) is 0 Å². The Labute approximate surface area is 340 Å². The highest BCUT2D eigenvalue weighted by Crippen LogP contribution is 2.59. The molecule has 2 aromatic heterocycles. The van der Waals surface area contributed by atoms with Gasteiger partial charge in [0.05, 0.1) is 11.1 Å². The Bertz CT molecular complexity index is 3290. The summed E-state index contributed by atoms with van der Waals surface area (Å²) < 4.78 is 8.85. The van der Waals surface area contributed by atoms with Crippen molar-refractivity contribution in [1.29, 1.82) is 0 Å². The summed E-state index contributed by atoms with van der Waals surface area (Å²) in [5.74, 6) is 0. The minimum absolute atomic E-state index is 0.478. The minimum Gasteiger partial charge on any atom is -0.456 e. The molecular formula is C55H35NOS. The topological polar surface area (TPSA) is 16.4 Å². The van der Waals surface area contributed by atoms with E-state index in [4.69, 9.17) is 4.42 Å². The van der Waals surface area contributed by atoms with E-state index in [0.717, 1.165) is 28.2 Å². The van der Waals surface area contributed by atoms with Crippen LogP contribution in [-0.2, 0) is 5.41 Å². The molecule has 58 heavy (non-hydrogen) atoms. The van der Waals surface area contributed by atoms with Crippen molar-refractivity contribution in [1.82, 2.24) is 0 Å². The van der Waals surface area contributed by atoms with Crippen molar-refractivity contribution in [3.8, 4) is 22.3 Å². The van der Waals surface area contributed by atoms with Gasteiger partial charge in [-0.1, -0.05) is 164 Å². The van der Waals surface area contributed by atoms with Crippen molar-refractivity contribution < 1.29 is 4.42 Å². The van der Waals surface area contributed by atoms with Gasteiger partial charge in [-0.3, -0.25) is 0 Å². The third-order valence-electron chi connectivity index (χ3n) is 12.2. The van der Waals surface area contributed by atoms with Crippen LogP contribution in [0.5, 0.6) is 0 Å². The summed E-state index contributed by atoms with van der Waals surface area (Å²) in [7, 11) is 0. The Kier molecular flexibility index (Phi) is 7.35. The molecule has 272 valence electrons. The molecule has 0 atom stereocenters. The minimum atomic E-state index is -0.478. The number of para-hydroxylation sites is 2. The fourth-order valence-corrected chi connectivity index (χ4v) is 11.1. The molecule has 0 saturated heterocycles. The molecule has 2 nitrogen and oxygen atoms in total. The van der Waals surface area contributed by atoms with E-state index < -0.39 is 5.41 Å². The molecule has 0 amide bonds. The fourth-order valence-electron chi connectivity index (χ4n) is 9.75. The maximum Gasteiger partial charge on any atom is 0.136 e. The second-order valence-corrected chi connectivity index (χ2v) is 16.2. The Hall–Kier alpha value is -7.20. The normalized spacial score (nSPS) is 13.0. The molecule has 0 fully saturated rings. The van der Waals surface area contributed by atoms with E-state index in [1.165, 1.54) is 75.5 Å². The molecule has 0 aliphatic heterocycles. The highest BCUT2D eigenvalue weighted by molar-refractivity contribution is 7.27. The number of fused-ring (bicyclic) bond motifs is 10. The van der Waals surface area contributed by atoms with Crippen LogP contribution in [-0.4, -0.2) is 0 Å². The SMILES string of the molecule is c1ccc(N(c2ccc(-c3cccc4c3sc3c4ccc4oc5ccccc5c43)cc2)c2cccc3c2-c2ccccc2C3(c2ccccc2)c2ccccc2)cc1. The molecule has 0 saturated carbocycles. The van der Waals surface area contributed by atoms with E-state index in [1.807, 2.05) is 17.4 Å². The summed E-state index contributed by atoms with van der Waals surface area (Å²) in [6, 6.07) is 77.4. The fraction of sp³-hybridized carbons (Fsp3) is 0.0182. The maximum absolute atomic E-state index is 6.29. The zero-order chi connectivity index (χ0) is 38.2. The van der Waals surface area contributed by atoms with Crippen LogP contribution < -0.4 is 4.90 Å². The lowest BCUT2D eigenvalue weighted by atomic mass is 9.68. The molecule has 1 aliphatic carbocycles. The summed E-state index contributed by atoms with van der Waals surface area (Å²) in [6.07, 6.45) is 0. The Balaban J connectivity index is 1.04. The van der Waals surface area contributed by atoms with Gasteiger partial charge in [-0.15, -0.1) is 11.3 Å². The third kappa shape index (κ3) is 4.71. The van der Waals surface area contributed by atoms with Gasteiger partial charge in [0.25, 0.3) is 0 Å². The summed E-state index contributed by atoms with van der Waals surface area (Å²) in [4.78, 5) is 2.44. The highest BCUT2D eigenvalue weighted by atomic mass is 32.1. The predicted molar refractivity (Wildman–Crippen MR) is 244 cm³/mol. The van der Waals surface area contributed by atoms with E-state index in [9.17, 15) is 0 Å². The second kappa shape index (κ2) is 12.9. The zero-order valence-corrected chi connectivity index (χ0v) is 32.3. The molecule has 0 N–H and O–H groups in total. The Morgan fingerprint density at radius 1 is 0.397 bits per heavy atom. The third-order valence-corrected chi connectivity index (χ3v) is 13.4. The molecule has 0 unspecified atom stereocenters. The molecule has 0 bridgehead atoms. The van der Waals surface area contributed by atoms with Gasteiger partial charge in [0.15, 0.2) is 0 Å². The average Bonchev–Trinajstić information content (AvgIpc) is 3.96. The van der Waals surface area contributed by atoms with Gasteiger partial charge in [-0.05, 0) is 87.5 Å². The van der Waals surface area contributed by atoms with Gasteiger partial charge < -0.3 is 9.32 Å². The summed E-state index contributed by atoms with van der Waals surface area (Å²) in [5, 5.41) is 4.92. The zero-order valence-electron chi connectivity index (χ0n) is 31.5. The molecule has 11 aromatic rings. The van der Waals surface area contributed by atoms with Crippen molar-refractivity contribution in [3.05, 3.63) is 235 Å². The second-order valence-electron chi connectivity index (χ2n) is 15.1. The van der Waals surface area contributed by atoms with E-state index in [2.05, 4.69) is 211 Å². The quantitative estimate of drug-likeness (QED) is 0.168. The van der Waals surface area contributed by atoms with E-state index in [0.29, 0.717) is 0 Å². The number of nitrogens with zero attached hydrogens (tertiary/aromatic N) is 1. The lowest BCUT2D eigenvalue weighted by Crippen LogP contribution is -2.28. The molecule has 0 spiro atoms. The van der Waals surface area contributed by atoms with Crippen molar-refractivity contribution in [3.63, 3.8) is 0 Å². The number of anilines is 3. The number of furan rings is 1. The first-order chi connectivity index (χ1) is 28.8. The first-order valence-electron chi connectivity index (χ1n) is 19.8. The summed E-state index contributed by atoms with van der Waals surface area (Å²) in [6.45, 7) is 0. The monoisotopic (exact) mass is 757 g/mol. The van der Waals surface area contributed by atoms with Crippen LogP contribution in [0.2, 0.25) is 0 Å². The van der Waals surface area contributed by atoms with Gasteiger partial charge in [-0.25, -0.2) is 0 Å². The summed E-state index contributed by atoms with van der Waals surface area (Å²) in [5.41, 5.74) is 14.8. The number of benzene rings is 9. The van der Waals surface area contributed by atoms with Gasteiger partial charge in [0.2, 0.25) is 0 Å². The van der Waals surface area contributed by atoms with Crippen molar-refractivity contribution >= 4 is 70.5 Å². The number of hydrogen-bond acceptors (Lipinski definition) is 3. The van der Waals surface area contributed by atoms with Crippen molar-refractivity contribution in [2.45, 2.75) is 5.41 Å². The molecule has 3 heteroatoms. The van der Waals surface area contributed by atoms with Gasteiger partial charge in [0.1, 0.15) is 11.2 Å². The van der Waals surface area contributed by atoms with Crippen molar-refractivity contribution in [2.24, 2.45) is 0 Å². The van der Waals surface area contributed by atoms with Crippen LogP contribution in [0.1, 0.15) is 22.3 Å². The highest BCUT2D eigenvalue weighted by Gasteiger charge is 2.47. The molecule has 1 aliphatic rings.